The zero-order chi connectivity index (χ0) is 13.0. The number of hydrogen-bond donors (Lipinski definition) is 3. The Kier molecular flexibility index (Phi) is 4.90. The number of nitrogens with one attached hydrogen (secondary N) is 1. The molecule has 2 unspecified atom stereocenters. The van der Waals surface area contributed by atoms with E-state index in [1.54, 1.807) is 6.07 Å². The smallest absolute Gasteiger partial charge is 0.126 e. The number of phenolic OH excluding ortho intramolecular Hbond substituents is 1. The maximum absolute atomic E-state index is 12.8. The predicted molar refractivity (Wildman–Crippen MR) is 65.3 cm³/mol. The Balaban J connectivity index is 2.61. The van der Waals surface area contributed by atoms with Crippen LogP contribution in [-0.2, 0) is 0 Å². The Hall–Kier alpha value is -1.13. The van der Waals surface area contributed by atoms with Gasteiger partial charge in [0.15, 0.2) is 0 Å². The molecular formula is C13H20FNO2. The van der Waals surface area contributed by atoms with E-state index in [9.17, 15) is 14.6 Å². The molecule has 0 aliphatic heterocycles. The van der Waals surface area contributed by atoms with Crippen LogP contribution in [0.1, 0.15) is 32.4 Å². The molecule has 2 atom stereocenters. The molecule has 0 fully saturated rings. The average molecular weight is 241 g/mol. The number of phenols is 1. The number of hydrogen-bond acceptors (Lipinski definition) is 3. The second kappa shape index (κ2) is 5.98. The zero-order valence-electron chi connectivity index (χ0n) is 10.4. The Morgan fingerprint density at radius 3 is 2.47 bits per heavy atom. The third-order valence-corrected chi connectivity index (χ3v) is 2.86. The zero-order valence-corrected chi connectivity index (χ0v) is 10.4. The molecule has 0 aliphatic carbocycles. The van der Waals surface area contributed by atoms with Crippen molar-refractivity contribution in [1.29, 1.82) is 0 Å². The normalized spacial score (nSPS) is 14.9. The van der Waals surface area contributed by atoms with E-state index in [-0.39, 0.29) is 17.7 Å². The van der Waals surface area contributed by atoms with Gasteiger partial charge in [0.25, 0.3) is 0 Å². The third-order valence-electron chi connectivity index (χ3n) is 2.86. The van der Waals surface area contributed by atoms with E-state index in [0.29, 0.717) is 12.1 Å². The van der Waals surface area contributed by atoms with Crippen molar-refractivity contribution < 1.29 is 14.6 Å². The molecule has 3 nitrogen and oxygen atoms in total. The first-order chi connectivity index (χ1) is 7.91. The first-order valence-electron chi connectivity index (χ1n) is 5.81. The lowest BCUT2D eigenvalue weighted by molar-refractivity contribution is 0.120. The van der Waals surface area contributed by atoms with Crippen molar-refractivity contribution in [3.8, 4) is 5.75 Å². The van der Waals surface area contributed by atoms with Crippen LogP contribution in [0.5, 0.6) is 5.75 Å². The van der Waals surface area contributed by atoms with Gasteiger partial charge in [-0.3, -0.25) is 0 Å². The first kappa shape index (κ1) is 13.9. The Morgan fingerprint density at radius 2 is 1.94 bits per heavy atom. The van der Waals surface area contributed by atoms with Gasteiger partial charge < -0.3 is 15.5 Å². The quantitative estimate of drug-likeness (QED) is 0.740. The molecule has 0 aromatic heterocycles. The summed E-state index contributed by atoms with van der Waals surface area (Å²) in [6, 6.07) is 3.81. The minimum Gasteiger partial charge on any atom is -0.508 e. The molecule has 0 saturated heterocycles. The first-order valence-corrected chi connectivity index (χ1v) is 5.81. The highest BCUT2D eigenvalue weighted by molar-refractivity contribution is 5.34. The highest BCUT2D eigenvalue weighted by Crippen LogP contribution is 2.24. The lowest BCUT2D eigenvalue weighted by Gasteiger charge is -2.20. The second-order valence-electron chi connectivity index (χ2n) is 4.64. The van der Waals surface area contributed by atoms with Gasteiger partial charge in [0.1, 0.15) is 11.6 Å². The second-order valence-corrected chi connectivity index (χ2v) is 4.64. The summed E-state index contributed by atoms with van der Waals surface area (Å²) in [7, 11) is 0. The van der Waals surface area contributed by atoms with Crippen molar-refractivity contribution in [2.24, 2.45) is 5.92 Å². The number of halogens is 1. The fourth-order valence-electron chi connectivity index (χ4n) is 1.53. The summed E-state index contributed by atoms with van der Waals surface area (Å²) >= 11 is 0. The van der Waals surface area contributed by atoms with Crippen LogP contribution in [0.3, 0.4) is 0 Å². The maximum Gasteiger partial charge on any atom is 0.126 e. The molecule has 0 heterocycles. The van der Waals surface area contributed by atoms with Gasteiger partial charge in [-0.05, 0) is 18.9 Å². The van der Waals surface area contributed by atoms with Crippen molar-refractivity contribution in [3.05, 3.63) is 29.6 Å². The van der Waals surface area contributed by atoms with Gasteiger partial charge in [-0.25, -0.2) is 4.39 Å². The average Bonchev–Trinajstić information content (AvgIpc) is 2.25. The number of aromatic hydroxyl groups is 1. The fraction of sp³-hybridized carbons (Fsp3) is 0.538. The molecule has 4 heteroatoms. The SMILES string of the molecule is CC(NCC(O)C(C)C)c1ccc(F)cc1O. The summed E-state index contributed by atoms with van der Waals surface area (Å²) in [4.78, 5) is 0. The third kappa shape index (κ3) is 3.98. The molecule has 17 heavy (non-hydrogen) atoms. The van der Waals surface area contributed by atoms with Gasteiger partial charge >= 0.3 is 0 Å². The van der Waals surface area contributed by atoms with E-state index in [4.69, 9.17) is 0 Å². The summed E-state index contributed by atoms with van der Waals surface area (Å²) in [5.74, 6) is -0.346. The largest absolute Gasteiger partial charge is 0.508 e. The Morgan fingerprint density at radius 1 is 1.29 bits per heavy atom. The minimum atomic E-state index is -0.458. The lowest BCUT2D eigenvalue weighted by Crippen LogP contribution is -2.32. The van der Waals surface area contributed by atoms with Gasteiger partial charge in [0, 0.05) is 24.2 Å². The maximum atomic E-state index is 12.8. The number of benzene rings is 1. The molecule has 96 valence electrons. The lowest BCUT2D eigenvalue weighted by atomic mass is 10.0. The molecule has 0 bridgehead atoms. The molecular weight excluding hydrogens is 221 g/mol. The van der Waals surface area contributed by atoms with Gasteiger partial charge in [-0.2, -0.15) is 0 Å². The van der Waals surface area contributed by atoms with Crippen LogP contribution in [0.2, 0.25) is 0 Å². The molecule has 0 saturated carbocycles. The summed E-state index contributed by atoms with van der Waals surface area (Å²) in [6.07, 6.45) is -0.431. The monoisotopic (exact) mass is 241 g/mol. The highest BCUT2D eigenvalue weighted by atomic mass is 19.1. The topological polar surface area (TPSA) is 52.5 Å². The molecule has 0 amide bonds. The van der Waals surface area contributed by atoms with Crippen LogP contribution in [-0.4, -0.2) is 22.9 Å². The van der Waals surface area contributed by atoms with Crippen LogP contribution < -0.4 is 5.32 Å². The molecule has 0 spiro atoms. The summed E-state index contributed by atoms with van der Waals surface area (Å²) < 4.78 is 12.8. The van der Waals surface area contributed by atoms with Crippen molar-refractivity contribution in [3.63, 3.8) is 0 Å². The van der Waals surface area contributed by atoms with Crippen molar-refractivity contribution in [1.82, 2.24) is 5.32 Å². The van der Waals surface area contributed by atoms with Crippen LogP contribution in [0, 0.1) is 11.7 Å². The Labute approximate surface area is 101 Å². The molecule has 0 aliphatic rings. The van der Waals surface area contributed by atoms with Gasteiger partial charge in [-0.1, -0.05) is 19.9 Å². The number of aliphatic hydroxyl groups is 1. The molecule has 1 aromatic rings. The van der Waals surface area contributed by atoms with E-state index in [0.717, 1.165) is 6.07 Å². The van der Waals surface area contributed by atoms with E-state index >= 15 is 0 Å². The van der Waals surface area contributed by atoms with E-state index in [2.05, 4.69) is 5.32 Å². The van der Waals surface area contributed by atoms with Crippen LogP contribution in [0.25, 0.3) is 0 Å². The van der Waals surface area contributed by atoms with E-state index in [1.807, 2.05) is 20.8 Å². The standard InChI is InChI=1S/C13H20FNO2/c1-8(2)13(17)7-15-9(3)11-5-4-10(14)6-12(11)16/h4-6,8-9,13,15-17H,7H2,1-3H3. The molecule has 1 rings (SSSR count). The van der Waals surface area contributed by atoms with Crippen LogP contribution in [0.15, 0.2) is 18.2 Å². The number of rotatable bonds is 5. The molecule has 0 radical (unpaired) electrons. The predicted octanol–water partition coefficient (Wildman–Crippen LogP) is 2.20. The molecule has 1 aromatic carbocycles. The van der Waals surface area contributed by atoms with Crippen LogP contribution >= 0.6 is 0 Å². The van der Waals surface area contributed by atoms with E-state index in [1.165, 1.54) is 6.07 Å². The van der Waals surface area contributed by atoms with Crippen molar-refractivity contribution >= 4 is 0 Å². The Bertz CT molecular complexity index is 368. The minimum absolute atomic E-state index is 0.0657. The number of aliphatic hydroxyl groups excluding tert-OH is 1. The van der Waals surface area contributed by atoms with Crippen molar-refractivity contribution in [2.45, 2.75) is 32.9 Å². The summed E-state index contributed by atoms with van der Waals surface area (Å²) in [5, 5.41) is 22.4. The fourth-order valence-corrected chi connectivity index (χ4v) is 1.53. The summed E-state index contributed by atoms with van der Waals surface area (Å²) in [5.41, 5.74) is 0.627. The highest BCUT2D eigenvalue weighted by Gasteiger charge is 2.14. The van der Waals surface area contributed by atoms with Crippen LogP contribution in [0.4, 0.5) is 4.39 Å². The van der Waals surface area contributed by atoms with Gasteiger partial charge in [-0.15, -0.1) is 0 Å². The summed E-state index contributed by atoms with van der Waals surface area (Å²) in [6.45, 7) is 6.18. The van der Waals surface area contributed by atoms with E-state index < -0.39 is 11.9 Å². The van der Waals surface area contributed by atoms with Gasteiger partial charge in [0.2, 0.25) is 0 Å². The van der Waals surface area contributed by atoms with Gasteiger partial charge in [0.05, 0.1) is 6.10 Å². The van der Waals surface area contributed by atoms with Crippen molar-refractivity contribution in [2.75, 3.05) is 6.54 Å². The molecule has 3 N–H and O–H groups in total.